The van der Waals surface area contributed by atoms with E-state index >= 15 is 0 Å². The van der Waals surface area contributed by atoms with Crippen molar-refractivity contribution in [3.05, 3.63) is 37.4 Å². The minimum atomic E-state index is 0.441. The van der Waals surface area contributed by atoms with Crippen LogP contribution >= 0.6 is 50.7 Å². The number of benzene rings is 1. The molecule has 0 aliphatic carbocycles. The smallest absolute Gasteiger partial charge is 0.0922 e. The molecule has 0 N–H and O–H groups in total. The molecule has 0 spiro atoms. The Morgan fingerprint density at radius 1 is 1.18 bits per heavy atom. The Hall–Kier alpha value is -0.0200. The summed E-state index contributed by atoms with van der Waals surface area (Å²) in [6, 6.07) is 3.72. The van der Waals surface area contributed by atoms with Gasteiger partial charge in [-0.25, -0.2) is 0 Å². The first kappa shape index (κ1) is 13.4. The molecule has 1 nitrogen and oxygen atoms in total. The van der Waals surface area contributed by atoms with Crippen molar-refractivity contribution < 1.29 is 0 Å². The summed E-state index contributed by atoms with van der Waals surface area (Å²) in [7, 11) is 0. The topological polar surface area (TPSA) is 12.9 Å². The molecule has 2 rings (SSSR count). The Bertz CT molecular complexity index is 584. The van der Waals surface area contributed by atoms with Crippen LogP contribution in [0.2, 0.25) is 15.1 Å². The summed E-state index contributed by atoms with van der Waals surface area (Å²) in [6.45, 7) is 2.09. The van der Waals surface area contributed by atoms with Crippen molar-refractivity contribution in [3.63, 3.8) is 0 Å². The quantitative estimate of drug-likeness (QED) is 0.612. The molecule has 0 saturated carbocycles. The molecular formula is C12H9BrCl3N. The molecule has 0 radical (unpaired) electrons. The molecule has 90 valence electrons. The zero-order chi connectivity index (χ0) is 12.6. The first-order valence-corrected chi connectivity index (χ1v) is 7.10. The predicted molar refractivity (Wildman–Crippen MR) is 78.5 cm³/mol. The van der Waals surface area contributed by atoms with Gasteiger partial charge in [0.05, 0.1) is 20.6 Å². The third-order valence-corrected chi connectivity index (χ3v) is 4.47. The van der Waals surface area contributed by atoms with Gasteiger partial charge in [0.1, 0.15) is 0 Å². The van der Waals surface area contributed by atoms with Crippen molar-refractivity contribution in [2.24, 2.45) is 0 Å². The lowest BCUT2D eigenvalue weighted by Crippen LogP contribution is -1.92. The molecule has 0 aliphatic heterocycles. The highest BCUT2D eigenvalue weighted by Gasteiger charge is 2.13. The van der Waals surface area contributed by atoms with Crippen LogP contribution in [-0.2, 0) is 6.42 Å². The number of fused-ring (bicyclic) bond motifs is 1. The van der Waals surface area contributed by atoms with Gasteiger partial charge in [-0.05, 0) is 34.5 Å². The Morgan fingerprint density at radius 3 is 2.53 bits per heavy atom. The highest BCUT2D eigenvalue weighted by Crippen LogP contribution is 2.38. The van der Waals surface area contributed by atoms with Crippen molar-refractivity contribution in [1.82, 2.24) is 4.98 Å². The Morgan fingerprint density at radius 2 is 1.88 bits per heavy atom. The largest absolute Gasteiger partial charge is 0.251 e. The minimum Gasteiger partial charge on any atom is -0.251 e. The highest BCUT2D eigenvalue weighted by molar-refractivity contribution is 9.10. The van der Waals surface area contributed by atoms with E-state index in [0.29, 0.717) is 20.6 Å². The number of rotatable bonds is 2. The van der Waals surface area contributed by atoms with Gasteiger partial charge >= 0.3 is 0 Å². The average molecular weight is 353 g/mol. The van der Waals surface area contributed by atoms with Gasteiger partial charge in [0, 0.05) is 15.6 Å². The summed E-state index contributed by atoms with van der Waals surface area (Å²) in [6.07, 6.45) is 1.89. The maximum Gasteiger partial charge on any atom is 0.0922 e. The van der Waals surface area contributed by atoms with Crippen LogP contribution in [-0.4, -0.2) is 4.98 Å². The molecule has 0 bridgehead atoms. The van der Waals surface area contributed by atoms with E-state index in [1.807, 2.05) is 12.1 Å². The number of hydrogen-bond acceptors (Lipinski definition) is 1. The van der Waals surface area contributed by atoms with Crippen LogP contribution in [0.3, 0.4) is 0 Å². The molecule has 1 heterocycles. The fourth-order valence-electron chi connectivity index (χ4n) is 1.66. The third kappa shape index (κ3) is 2.55. The van der Waals surface area contributed by atoms with Crippen LogP contribution in [0, 0.1) is 0 Å². The van der Waals surface area contributed by atoms with Gasteiger partial charge in [-0.2, -0.15) is 0 Å². The molecule has 0 aliphatic rings. The lowest BCUT2D eigenvalue weighted by atomic mass is 10.1. The van der Waals surface area contributed by atoms with Gasteiger partial charge in [0.15, 0.2) is 0 Å². The molecule has 5 heteroatoms. The van der Waals surface area contributed by atoms with Crippen molar-refractivity contribution in [1.29, 1.82) is 0 Å². The second-order valence-electron chi connectivity index (χ2n) is 3.73. The molecule has 0 atom stereocenters. The molecular weight excluding hydrogens is 344 g/mol. The summed E-state index contributed by atoms with van der Waals surface area (Å²) in [5.41, 5.74) is 1.60. The van der Waals surface area contributed by atoms with Gasteiger partial charge in [-0.15, -0.1) is 0 Å². The van der Waals surface area contributed by atoms with Crippen LogP contribution in [0.15, 0.2) is 16.6 Å². The van der Waals surface area contributed by atoms with Crippen LogP contribution in [0.5, 0.6) is 0 Å². The molecule has 0 saturated heterocycles. The minimum absolute atomic E-state index is 0.441. The van der Waals surface area contributed by atoms with Crippen LogP contribution in [0.1, 0.15) is 19.0 Å². The van der Waals surface area contributed by atoms with E-state index in [1.54, 1.807) is 0 Å². The lowest BCUT2D eigenvalue weighted by molar-refractivity contribution is 0.890. The molecule has 17 heavy (non-hydrogen) atoms. The third-order valence-electron chi connectivity index (χ3n) is 2.45. The standard InChI is InChI=1S/C12H9BrCl3N/c1-2-3-6-4-9(14)7-5-8(13)10(15)11(16)12(7)17-6/h4-5H,2-3H2,1H3. The lowest BCUT2D eigenvalue weighted by Gasteiger charge is -2.08. The summed E-state index contributed by atoms with van der Waals surface area (Å²) >= 11 is 21.8. The summed E-state index contributed by atoms with van der Waals surface area (Å²) in [4.78, 5) is 4.51. The van der Waals surface area contributed by atoms with Gasteiger partial charge in [0.25, 0.3) is 0 Å². The monoisotopic (exact) mass is 351 g/mol. The SMILES string of the molecule is CCCc1cc(Cl)c2cc(Br)c(Cl)c(Cl)c2n1. The summed E-state index contributed by atoms with van der Waals surface area (Å²) in [5.74, 6) is 0. The molecule has 2 aromatic rings. The summed E-state index contributed by atoms with van der Waals surface area (Å²) in [5, 5.41) is 2.37. The summed E-state index contributed by atoms with van der Waals surface area (Å²) < 4.78 is 0.726. The molecule has 0 unspecified atom stereocenters. The second-order valence-corrected chi connectivity index (χ2v) is 5.75. The Kier molecular flexibility index (Phi) is 4.19. The van der Waals surface area contributed by atoms with E-state index in [4.69, 9.17) is 34.8 Å². The van der Waals surface area contributed by atoms with E-state index < -0.39 is 0 Å². The van der Waals surface area contributed by atoms with Crippen LogP contribution in [0.4, 0.5) is 0 Å². The van der Waals surface area contributed by atoms with Crippen LogP contribution < -0.4 is 0 Å². The fourth-order valence-corrected chi connectivity index (χ4v) is 2.86. The fraction of sp³-hybridized carbons (Fsp3) is 0.250. The normalized spacial score (nSPS) is 11.1. The van der Waals surface area contributed by atoms with Gasteiger partial charge in [-0.1, -0.05) is 48.1 Å². The van der Waals surface area contributed by atoms with E-state index in [0.717, 1.165) is 28.4 Å². The first-order chi connectivity index (χ1) is 8.04. The molecule has 0 fully saturated rings. The Labute approximate surface area is 123 Å². The number of aryl methyl sites for hydroxylation is 1. The number of halogens is 4. The van der Waals surface area contributed by atoms with Crippen molar-refractivity contribution >= 4 is 61.6 Å². The number of hydrogen-bond donors (Lipinski definition) is 0. The number of nitrogens with zero attached hydrogens (tertiary/aromatic N) is 1. The maximum atomic E-state index is 6.23. The number of aromatic nitrogens is 1. The molecule has 1 aromatic carbocycles. The zero-order valence-corrected chi connectivity index (χ0v) is 12.9. The van der Waals surface area contributed by atoms with E-state index in [1.165, 1.54) is 0 Å². The maximum absolute atomic E-state index is 6.23. The zero-order valence-electron chi connectivity index (χ0n) is 9.03. The Balaban J connectivity index is 2.78. The van der Waals surface area contributed by atoms with Crippen LogP contribution in [0.25, 0.3) is 10.9 Å². The second kappa shape index (κ2) is 5.31. The molecule has 1 aromatic heterocycles. The van der Waals surface area contributed by atoms with E-state index in [2.05, 4.69) is 27.8 Å². The number of pyridine rings is 1. The van der Waals surface area contributed by atoms with Crippen molar-refractivity contribution in [2.45, 2.75) is 19.8 Å². The van der Waals surface area contributed by atoms with Gasteiger partial charge in [0.2, 0.25) is 0 Å². The van der Waals surface area contributed by atoms with Gasteiger partial charge in [-0.3, -0.25) is 4.98 Å². The molecule has 0 amide bonds. The van der Waals surface area contributed by atoms with Crippen molar-refractivity contribution in [3.8, 4) is 0 Å². The average Bonchev–Trinajstić information content (AvgIpc) is 2.29. The van der Waals surface area contributed by atoms with E-state index in [-0.39, 0.29) is 0 Å². The van der Waals surface area contributed by atoms with E-state index in [9.17, 15) is 0 Å². The van der Waals surface area contributed by atoms with Crippen molar-refractivity contribution in [2.75, 3.05) is 0 Å². The van der Waals surface area contributed by atoms with Gasteiger partial charge < -0.3 is 0 Å². The predicted octanol–water partition coefficient (Wildman–Crippen LogP) is 5.91. The first-order valence-electron chi connectivity index (χ1n) is 5.17. The highest BCUT2D eigenvalue weighted by atomic mass is 79.9.